The predicted molar refractivity (Wildman–Crippen MR) is 126 cm³/mol. The molecule has 0 aliphatic carbocycles. The van der Waals surface area contributed by atoms with Crippen LogP contribution in [0.25, 0.3) is 10.8 Å². The Kier molecular flexibility index (Phi) is 4.13. The molecule has 0 saturated heterocycles. The van der Waals surface area contributed by atoms with E-state index in [0.29, 0.717) is 11.1 Å². The third kappa shape index (κ3) is 2.89. The van der Waals surface area contributed by atoms with Crippen molar-refractivity contribution in [3.63, 3.8) is 0 Å². The van der Waals surface area contributed by atoms with Crippen LogP contribution in [0.1, 0.15) is 33.4 Å². The van der Waals surface area contributed by atoms with Crippen LogP contribution in [-0.4, -0.2) is 0 Å². The first-order chi connectivity index (χ1) is 15.7. The summed E-state index contributed by atoms with van der Waals surface area (Å²) < 4.78 is 0. The number of anilines is 2. The van der Waals surface area contributed by atoms with Gasteiger partial charge in [-0.25, -0.2) is 0 Å². The second kappa shape index (κ2) is 7.15. The zero-order valence-electron chi connectivity index (χ0n) is 17.5. The molecule has 0 N–H and O–H groups in total. The molecule has 4 aromatic rings. The standard InChI is InChI=1S/C28H20N4/c29-13-19-1-9-25(10-2-19)31-15-21-5-7-23-17-32(26-11-3-20(14-30)4-12-26)18-24-8-6-22(16-31)27(21)28(23)24/h1-12H,15-18H2. The quantitative estimate of drug-likeness (QED) is 0.429. The van der Waals surface area contributed by atoms with E-state index < -0.39 is 0 Å². The van der Waals surface area contributed by atoms with Crippen molar-refractivity contribution in [2.75, 3.05) is 9.80 Å². The maximum Gasteiger partial charge on any atom is 0.0991 e. The molecule has 2 heterocycles. The van der Waals surface area contributed by atoms with Crippen LogP contribution in [0, 0.1) is 22.7 Å². The molecule has 0 radical (unpaired) electrons. The fourth-order valence-electron chi connectivity index (χ4n) is 5.11. The Hall–Kier alpha value is -4.28. The van der Waals surface area contributed by atoms with E-state index in [2.05, 4.69) is 46.2 Å². The summed E-state index contributed by atoms with van der Waals surface area (Å²) in [7, 11) is 0. The number of nitriles is 2. The molecule has 4 heteroatoms. The molecule has 6 rings (SSSR count). The van der Waals surface area contributed by atoms with Gasteiger partial charge in [-0.15, -0.1) is 0 Å². The Morgan fingerprint density at radius 1 is 0.469 bits per heavy atom. The van der Waals surface area contributed by atoms with Crippen molar-refractivity contribution < 1.29 is 0 Å². The molecule has 0 spiro atoms. The third-order valence-corrected chi connectivity index (χ3v) is 6.67. The normalized spacial score (nSPS) is 14.2. The van der Waals surface area contributed by atoms with Gasteiger partial charge in [-0.2, -0.15) is 10.5 Å². The third-order valence-electron chi connectivity index (χ3n) is 6.67. The molecule has 152 valence electrons. The average molecular weight is 412 g/mol. The number of hydrogen-bond donors (Lipinski definition) is 0. The van der Waals surface area contributed by atoms with Crippen LogP contribution in [0.5, 0.6) is 0 Å². The lowest BCUT2D eigenvalue weighted by Crippen LogP contribution is -2.29. The minimum absolute atomic E-state index is 0.691. The van der Waals surface area contributed by atoms with E-state index in [1.807, 2.05) is 48.5 Å². The first kappa shape index (κ1) is 18.5. The minimum Gasteiger partial charge on any atom is -0.363 e. The molecule has 2 aliphatic heterocycles. The Bertz CT molecular complexity index is 1270. The largest absolute Gasteiger partial charge is 0.363 e. The molecule has 0 fully saturated rings. The van der Waals surface area contributed by atoms with E-state index in [0.717, 1.165) is 37.6 Å². The summed E-state index contributed by atoms with van der Waals surface area (Å²) in [4.78, 5) is 4.76. The molecule has 0 amide bonds. The van der Waals surface area contributed by atoms with Crippen molar-refractivity contribution in [3.8, 4) is 12.1 Å². The summed E-state index contributed by atoms with van der Waals surface area (Å²) in [6.07, 6.45) is 0. The summed E-state index contributed by atoms with van der Waals surface area (Å²) in [5.41, 5.74) is 9.13. The molecule has 0 bridgehead atoms. The molecule has 0 aromatic heterocycles. The number of hydrogen-bond acceptors (Lipinski definition) is 4. The van der Waals surface area contributed by atoms with Gasteiger partial charge in [0.1, 0.15) is 0 Å². The topological polar surface area (TPSA) is 54.1 Å². The molecule has 4 nitrogen and oxygen atoms in total. The predicted octanol–water partition coefficient (Wildman–Crippen LogP) is 5.62. The molecule has 0 unspecified atom stereocenters. The summed E-state index contributed by atoms with van der Waals surface area (Å²) in [6.45, 7) is 3.49. The Balaban J connectivity index is 1.36. The Labute approximate surface area is 187 Å². The van der Waals surface area contributed by atoms with Gasteiger partial charge in [0, 0.05) is 37.6 Å². The van der Waals surface area contributed by atoms with E-state index in [1.165, 1.54) is 33.0 Å². The monoisotopic (exact) mass is 412 g/mol. The van der Waals surface area contributed by atoms with Crippen LogP contribution in [-0.2, 0) is 26.2 Å². The van der Waals surface area contributed by atoms with Crippen molar-refractivity contribution in [2.45, 2.75) is 26.2 Å². The minimum atomic E-state index is 0.691. The van der Waals surface area contributed by atoms with E-state index in [1.54, 1.807) is 0 Å². The molecule has 0 saturated carbocycles. The van der Waals surface area contributed by atoms with Gasteiger partial charge in [0.05, 0.1) is 23.3 Å². The van der Waals surface area contributed by atoms with Crippen LogP contribution in [0.2, 0.25) is 0 Å². The zero-order chi connectivity index (χ0) is 21.7. The second-order valence-electron chi connectivity index (χ2n) is 8.55. The molecular weight excluding hydrogens is 392 g/mol. The van der Waals surface area contributed by atoms with Gasteiger partial charge >= 0.3 is 0 Å². The van der Waals surface area contributed by atoms with Crippen molar-refractivity contribution in [3.05, 3.63) is 106 Å². The van der Waals surface area contributed by atoms with Crippen molar-refractivity contribution in [1.29, 1.82) is 10.5 Å². The molecule has 32 heavy (non-hydrogen) atoms. The highest BCUT2D eigenvalue weighted by Gasteiger charge is 2.25. The highest BCUT2D eigenvalue weighted by Crippen LogP contribution is 2.39. The van der Waals surface area contributed by atoms with Crippen LogP contribution in [0.4, 0.5) is 11.4 Å². The summed E-state index contributed by atoms with van der Waals surface area (Å²) >= 11 is 0. The first-order valence-electron chi connectivity index (χ1n) is 10.8. The van der Waals surface area contributed by atoms with Gasteiger partial charge in [0.2, 0.25) is 0 Å². The summed E-state index contributed by atoms with van der Waals surface area (Å²) in [5.74, 6) is 0. The fourth-order valence-corrected chi connectivity index (χ4v) is 5.11. The van der Waals surface area contributed by atoms with Gasteiger partial charge in [0.15, 0.2) is 0 Å². The molecule has 4 aromatic carbocycles. The van der Waals surface area contributed by atoms with Gasteiger partial charge in [-0.05, 0) is 81.6 Å². The SMILES string of the molecule is N#Cc1ccc(N2Cc3ccc4c5c(ccc(c35)C2)CN(c2ccc(C#N)cc2)C4)cc1. The zero-order valence-corrected chi connectivity index (χ0v) is 17.5. The molecular formula is C28H20N4. The van der Waals surface area contributed by atoms with E-state index >= 15 is 0 Å². The number of benzene rings is 4. The smallest absolute Gasteiger partial charge is 0.0991 e. The lowest BCUT2D eigenvalue weighted by atomic mass is 9.87. The van der Waals surface area contributed by atoms with Crippen molar-refractivity contribution in [1.82, 2.24) is 0 Å². The molecule has 0 atom stereocenters. The molecule has 2 aliphatic rings. The maximum atomic E-state index is 9.09. The van der Waals surface area contributed by atoms with E-state index in [9.17, 15) is 0 Å². The van der Waals surface area contributed by atoms with Crippen LogP contribution < -0.4 is 9.80 Å². The van der Waals surface area contributed by atoms with Crippen LogP contribution in [0.3, 0.4) is 0 Å². The number of rotatable bonds is 2. The van der Waals surface area contributed by atoms with E-state index in [-0.39, 0.29) is 0 Å². The Morgan fingerprint density at radius 2 is 0.781 bits per heavy atom. The maximum absolute atomic E-state index is 9.09. The highest BCUT2D eigenvalue weighted by atomic mass is 15.1. The first-order valence-corrected chi connectivity index (χ1v) is 10.8. The number of nitrogens with zero attached hydrogens (tertiary/aromatic N) is 4. The van der Waals surface area contributed by atoms with Gasteiger partial charge < -0.3 is 9.80 Å². The summed E-state index contributed by atoms with van der Waals surface area (Å²) in [6, 6.07) is 29.3. The summed E-state index contributed by atoms with van der Waals surface area (Å²) in [5, 5.41) is 21.0. The van der Waals surface area contributed by atoms with Crippen molar-refractivity contribution >= 4 is 22.1 Å². The van der Waals surface area contributed by atoms with Crippen LogP contribution in [0.15, 0.2) is 72.8 Å². The fraction of sp³-hybridized carbons (Fsp3) is 0.143. The van der Waals surface area contributed by atoms with E-state index in [4.69, 9.17) is 10.5 Å². The van der Waals surface area contributed by atoms with Gasteiger partial charge in [-0.1, -0.05) is 24.3 Å². The highest BCUT2D eigenvalue weighted by molar-refractivity contribution is 5.96. The lowest BCUT2D eigenvalue weighted by molar-refractivity contribution is 0.769. The van der Waals surface area contributed by atoms with Crippen LogP contribution >= 0.6 is 0 Å². The average Bonchev–Trinajstić information content (AvgIpc) is 2.87. The van der Waals surface area contributed by atoms with Gasteiger partial charge in [0.25, 0.3) is 0 Å². The van der Waals surface area contributed by atoms with Gasteiger partial charge in [-0.3, -0.25) is 0 Å². The lowest BCUT2D eigenvalue weighted by Gasteiger charge is -2.36. The van der Waals surface area contributed by atoms with Crippen molar-refractivity contribution in [2.24, 2.45) is 0 Å². The second-order valence-corrected chi connectivity index (χ2v) is 8.55. The Morgan fingerprint density at radius 3 is 1.06 bits per heavy atom.